The smallest absolute Gasteiger partial charge is 0.223 e. The zero-order chi connectivity index (χ0) is 13.8. The van der Waals surface area contributed by atoms with Crippen LogP contribution in [0.15, 0.2) is 12.7 Å². The topological polar surface area (TPSA) is 80.1 Å². The van der Waals surface area contributed by atoms with E-state index in [9.17, 15) is 9.59 Å². The first-order chi connectivity index (χ1) is 9.06. The predicted octanol–water partition coefficient (Wildman–Crippen LogP) is -0.349. The number of carbonyl (C=O) groups excluding carboxylic acids is 2. The van der Waals surface area contributed by atoms with Crippen LogP contribution in [0.1, 0.15) is 19.8 Å². The Morgan fingerprint density at radius 2 is 2.42 bits per heavy atom. The number of rotatable bonds is 4. The van der Waals surface area contributed by atoms with Gasteiger partial charge in [0.2, 0.25) is 11.8 Å². The van der Waals surface area contributed by atoms with Gasteiger partial charge in [0.1, 0.15) is 12.7 Å². The number of nitrogens with zero attached hydrogens (tertiary/aromatic N) is 4. The van der Waals surface area contributed by atoms with Crippen molar-refractivity contribution in [2.24, 2.45) is 5.92 Å². The molecule has 1 N–H and O–H groups in total. The lowest BCUT2D eigenvalue weighted by Crippen LogP contribution is -2.45. The third kappa shape index (κ3) is 3.52. The summed E-state index contributed by atoms with van der Waals surface area (Å²) < 4.78 is 1.67. The van der Waals surface area contributed by atoms with E-state index < -0.39 is 0 Å². The Morgan fingerprint density at radius 1 is 1.63 bits per heavy atom. The van der Waals surface area contributed by atoms with Crippen LogP contribution >= 0.6 is 0 Å². The summed E-state index contributed by atoms with van der Waals surface area (Å²) in [5.41, 5.74) is 0. The second-order valence-electron chi connectivity index (χ2n) is 5.03. The molecule has 1 fully saturated rings. The fourth-order valence-corrected chi connectivity index (χ4v) is 2.18. The average Bonchev–Trinajstić information content (AvgIpc) is 2.85. The van der Waals surface area contributed by atoms with Crippen LogP contribution < -0.4 is 5.32 Å². The molecular weight excluding hydrogens is 246 g/mol. The zero-order valence-corrected chi connectivity index (χ0v) is 11.2. The molecule has 1 aromatic heterocycles. The van der Waals surface area contributed by atoms with Crippen LogP contribution in [-0.2, 0) is 16.1 Å². The van der Waals surface area contributed by atoms with Crippen molar-refractivity contribution in [1.29, 1.82) is 0 Å². The second kappa shape index (κ2) is 5.81. The minimum Gasteiger partial charge on any atom is -0.352 e. The highest BCUT2D eigenvalue weighted by molar-refractivity contribution is 5.86. The van der Waals surface area contributed by atoms with Crippen molar-refractivity contribution in [3.63, 3.8) is 0 Å². The van der Waals surface area contributed by atoms with Gasteiger partial charge >= 0.3 is 0 Å². The number of aromatic nitrogens is 3. The van der Waals surface area contributed by atoms with E-state index in [2.05, 4.69) is 15.4 Å². The van der Waals surface area contributed by atoms with E-state index in [4.69, 9.17) is 0 Å². The van der Waals surface area contributed by atoms with Crippen LogP contribution in [0.25, 0.3) is 0 Å². The van der Waals surface area contributed by atoms with E-state index >= 15 is 0 Å². The van der Waals surface area contributed by atoms with Crippen molar-refractivity contribution in [3.05, 3.63) is 12.7 Å². The van der Waals surface area contributed by atoms with Crippen molar-refractivity contribution in [2.75, 3.05) is 13.6 Å². The lowest BCUT2D eigenvalue weighted by Gasteiger charge is -2.28. The van der Waals surface area contributed by atoms with Gasteiger partial charge in [0.05, 0.1) is 6.54 Å². The highest BCUT2D eigenvalue weighted by atomic mass is 16.2. The molecular formula is C12H19N5O2. The van der Waals surface area contributed by atoms with Gasteiger partial charge in [-0.25, -0.2) is 4.98 Å². The summed E-state index contributed by atoms with van der Waals surface area (Å²) in [6.07, 6.45) is 4.11. The average molecular weight is 265 g/mol. The van der Waals surface area contributed by atoms with Gasteiger partial charge in [0.25, 0.3) is 0 Å². The first-order valence-electron chi connectivity index (χ1n) is 6.43. The maximum Gasteiger partial charge on any atom is 0.223 e. The molecule has 19 heavy (non-hydrogen) atoms. The van der Waals surface area contributed by atoms with Crippen molar-refractivity contribution in [1.82, 2.24) is 25.0 Å². The van der Waals surface area contributed by atoms with Gasteiger partial charge in [-0.3, -0.25) is 14.3 Å². The zero-order valence-electron chi connectivity index (χ0n) is 11.2. The Morgan fingerprint density at radius 3 is 3.05 bits per heavy atom. The lowest BCUT2D eigenvalue weighted by molar-refractivity contribution is -0.139. The summed E-state index contributed by atoms with van der Waals surface area (Å²) in [6.45, 7) is 3.14. The summed E-state index contributed by atoms with van der Waals surface area (Å²) in [6, 6.07) is -0.0380. The number of carbonyl (C=O) groups is 2. The molecule has 0 radical (unpaired) electrons. The molecule has 2 heterocycles. The fourth-order valence-electron chi connectivity index (χ4n) is 2.18. The molecule has 0 unspecified atom stereocenters. The van der Waals surface area contributed by atoms with Gasteiger partial charge in [-0.2, -0.15) is 5.10 Å². The molecule has 1 aromatic rings. The van der Waals surface area contributed by atoms with Gasteiger partial charge in [0, 0.05) is 32.0 Å². The van der Waals surface area contributed by atoms with Crippen LogP contribution in [0, 0.1) is 5.92 Å². The molecule has 0 spiro atoms. The Hall–Kier alpha value is -1.92. The number of nitrogens with one attached hydrogen (secondary N) is 1. The third-order valence-corrected chi connectivity index (χ3v) is 3.35. The van der Waals surface area contributed by atoms with E-state index in [0.717, 1.165) is 6.42 Å². The molecule has 2 atom stereocenters. The first kappa shape index (κ1) is 13.5. The standard InChI is InChI=1S/C12H19N5O2/c1-9(6-17-8-13-7-14-17)15-12(19)10-3-4-16(2)11(18)5-10/h7-10H,3-6H2,1-2H3,(H,15,19)/t9-,10+/m0/s1. The number of amides is 2. The van der Waals surface area contributed by atoms with Gasteiger partial charge in [0.15, 0.2) is 0 Å². The highest BCUT2D eigenvalue weighted by Crippen LogP contribution is 2.17. The van der Waals surface area contributed by atoms with Gasteiger partial charge < -0.3 is 10.2 Å². The van der Waals surface area contributed by atoms with Crippen LogP contribution in [0.4, 0.5) is 0 Å². The Kier molecular flexibility index (Phi) is 4.13. The van der Waals surface area contributed by atoms with E-state index in [0.29, 0.717) is 19.5 Å². The van der Waals surface area contributed by atoms with Crippen LogP contribution in [0.3, 0.4) is 0 Å². The molecule has 1 saturated heterocycles. The number of piperidine rings is 1. The summed E-state index contributed by atoms with van der Waals surface area (Å²) in [4.78, 5) is 29.2. The SMILES string of the molecule is C[C@@H](Cn1cncn1)NC(=O)[C@@H]1CCN(C)C(=O)C1. The molecule has 1 aliphatic heterocycles. The lowest BCUT2D eigenvalue weighted by atomic mass is 9.95. The summed E-state index contributed by atoms with van der Waals surface area (Å²) in [5.74, 6) is -0.216. The molecule has 0 aromatic carbocycles. The quantitative estimate of drug-likeness (QED) is 0.807. The Labute approximate surface area is 112 Å². The molecule has 7 nitrogen and oxygen atoms in total. The number of hydrogen-bond acceptors (Lipinski definition) is 4. The second-order valence-corrected chi connectivity index (χ2v) is 5.03. The summed E-state index contributed by atoms with van der Waals surface area (Å²) in [5, 5.41) is 6.92. The summed E-state index contributed by atoms with van der Waals surface area (Å²) in [7, 11) is 1.77. The molecule has 0 saturated carbocycles. The minimum atomic E-state index is -0.207. The monoisotopic (exact) mass is 265 g/mol. The van der Waals surface area contributed by atoms with E-state index in [1.807, 2.05) is 6.92 Å². The Bertz CT molecular complexity index is 445. The van der Waals surface area contributed by atoms with E-state index in [1.165, 1.54) is 6.33 Å². The maximum atomic E-state index is 12.1. The summed E-state index contributed by atoms with van der Waals surface area (Å²) >= 11 is 0. The van der Waals surface area contributed by atoms with Crippen LogP contribution in [0.5, 0.6) is 0 Å². The van der Waals surface area contributed by atoms with Gasteiger partial charge in [-0.05, 0) is 13.3 Å². The van der Waals surface area contributed by atoms with E-state index in [1.54, 1.807) is 23.0 Å². The number of hydrogen-bond donors (Lipinski definition) is 1. The third-order valence-electron chi connectivity index (χ3n) is 3.35. The molecule has 2 amide bonds. The molecule has 104 valence electrons. The highest BCUT2D eigenvalue weighted by Gasteiger charge is 2.29. The van der Waals surface area contributed by atoms with Crippen molar-refractivity contribution in [3.8, 4) is 0 Å². The minimum absolute atomic E-state index is 0.0373. The van der Waals surface area contributed by atoms with Crippen molar-refractivity contribution >= 4 is 11.8 Å². The molecule has 7 heteroatoms. The normalized spacial score (nSPS) is 21.3. The first-order valence-corrected chi connectivity index (χ1v) is 6.43. The largest absolute Gasteiger partial charge is 0.352 e. The van der Waals surface area contributed by atoms with Crippen LogP contribution in [-0.4, -0.2) is 51.1 Å². The van der Waals surface area contributed by atoms with Gasteiger partial charge in [-0.1, -0.05) is 0 Å². The fraction of sp³-hybridized carbons (Fsp3) is 0.667. The Balaban J connectivity index is 1.82. The van der Waals surface area contributed by atoms with Crippen LogP contribution in [0.2, 0.25) is 0 Å². The molecule has 0 bridgehead atoms. The van der Waals surface area contributed by atoms with Gasteiger partial charge in [-0.15, -0.1) is 0 Å². The molecule has 2 rings (SSSR count). The number of likely N-dealkylation sites (tertiary alicyclic amines) is 1. The molecule has 0 aliphatic carbocycles. The van der Waals surface area contributed by atoms with E-state index in [-0.39, 0.29) is 23.8 Å². The van der Waals surface area contributed by atoms with Crippen molar-refractivity contribution < 1.29 is 9.59 Å². The van der Waals surface area contributed by atoms with Crippen molar-refractivity contribution in [2.45, 2.75) is 32.4 Å². The molecule has 1 aliphatic rings. The predicted molar refractivity (Wildman–Crippen MR) is 68.0 cm³/mol. The maximum absolute atomic E-state index is 12.1.